The molecule has 0 spiro atoms. The number of rotatable bonds is 15. The molecule has 0 aromatic rings. The number of hydrogen-bond donors (Lipinski definition) is 2. The van der Waals surface area contributed by atoms with Crippen LogP contribution in [-0.4, -0.2) is 93.6 Å². The van der Waals surface area contributed by atoms with Crippen molar-refractivity contribution in [2.45, 2.75) is 187 Å². The van der Waals surface area contributed by atoms with Crippen LogP contribution in [0.5, 0.6) is 0 Å². The van der Waals surface area contributed by atoms with Crippen LogP contribution in [0.3, 0.4) is 0 Å². The standard InChI is InChI=1S/C23H41N2O6Si2.3C4H9.Sn/c1-14-15-12-17(26)24-20(27)25(15)19-18(31-33(10,11)22(5,6)7)23(14,28)16(30-19)13-29-32(8,9)21(2,3)4;3*1-3-4-2;/h1,15-16,18-19,28H,12-13H2,2-11H3,(H,24,26,27);3*1,3-4H2,2H3;/t15-,16-,18+,19-,23-;;;;/m1..../s1. The van der Waals surface area contributed by atoms with Gasteiger partial charge in [-0.25, -0.2) is 0 Å². The Labute approximate surface area is 287 Å². The van der Waals surface area contributed by atoms with Crippen LogP contribution in [0, 0.1) is 0 Å². The van der Waals surface area contributed by atoms with Crippen molar-refractivity contribution >= 4 is 47.0 Å². The molecular weight excluding hydrogens is 719 g/mol. The molecule has 3 fully saturated rings. The number of carbonyl (C=O) groups excluding carboxylic acids is 2. The predicted molar refractivity (Wildman–Crippen MR) is 196 cm³/mol. The molecule has 3 aliphatic heterocycles. The molecule has 0 aromatic carbocycles. The normalized spacial score (nSPS) is 28.6. The van der Waals surface area contributed by atoms with Crippen molar-refractivity contribution in [3.63, 3.8) is 0 Å². The molecule has 2 bridgehead atoms. The van der Waals surface area contributed by atoms with Crippen LogP contribution in [0.2, 0.25) is 49.6 Å². The van der Waals surface area contributed by atoms with Crippen molar-refractivity contribution in [1.82, 2.24) is 10.2 Å². The molecule has 2 N–H and O–H groups in total. The molecule has 0 unspecified atom stereocenters. The second-order valence-electron chi connectivity index (χ2n) is 17.5. The zero-order valence-electron chi connectivity index (χ0n) is 31.6. The maximum atomic E-state index is 13.8. The van der Waals surface area contributed by atoms with Gasteiger partial charge >= 0.3 is 289 Å². The van der Waals surface area contributed by atoms with Gasteiger partial charge in [-0.2, -0.15) is 0 Å². The Morgan fingerprint density at radius 3 is 1.89 bits per heavy atom. The molecule has 3 amide bonds. The summed E-state index contributed by atoms with van der Waals surface area (Å²) in [5.41, 5.74) is -0.690. The molecule has 266 valence electrons. The number of ether oxygens (including phenoxy) is 1. The average Bonchev–Trinajstić information content (AvgIpc) is 3.14. The first kappa shape index (κ1) is 40.2. The van der Waals surface area contributed by atoms with Crippen molar-refractivity contribution in [2.75, 3.05) is 6.61 Å². The summed E-state index contributed by atoms with van der Waals surface area (Å²) in [6, 6.07) is -1.00. The van der Waals surface area contributed by atoms with E-state index in [0.717, 1.165) is 24.8 Å². The number of urea groups is 1. The molecule has 46 heavy (non-hydrogen) atoms. The van der Waals surface area contributed by atoms with Gasteiger partial charge in [-0.1, -0.05) is 0 Å². The first-order valence-corrected chi connectivity index (χ1v) is 31.7. The van der Waals surface area contributed by atoms with Gasteiger partial charge in [0.05, 0.1) is 0 Å². The Hall–Kier alpha value is -0.248. The molecule has 0 radical (unpaired) electrons. The third-order valence-electron chi connectivity index (χ3n) is 12.0. The average molecular weight is 788 g/mol. The molecule has 3 saturated heterocycles. The number of imide groups is 1. The summed E-state index contributed by atoms with van der Waals surface area (Å²) in [5, 5.41) is 15.9. The number of nitrogens with one attached hydrogen (secondary N) is 1. The third kappa shape index (κ3) is 8.20. The van der Waals surface area contributed by atoms with Crippen molar-refractivity contribution in [3.8, 4) is 0 Å². The number of amides is 3. The monoisotopic (exact) mass is 788 g/mol. The molecular formula is C35H68N2O6Si2Sn. The van der Waals surface area contributed by atoms with E-state index in [-0.39, 0.29) is 29.0 Å². The molecule has 0 aliphatic carbocycles. The van der Waals surface area contributed by atoms with Gasteiger partial charge < -0.3 is 0 Å². The van der Waals surface area contributed by atoms with Crippen molar-refractivity contribution < 1.29 is 28.3 Å². The summed E-state index contributed by atoms with van der Waals surface area (Å²) in [6.07, 6.45) is 4.73. The van der Waals surface area contributed by atoms with Gasteiger partial charge in [0.25, 0.3) is 0 Å². The van der Waals surface area contributed by atoms with Gasteiger partial charge in [0.15, 0.2) is 0 Å². The number of carbonyl (C=O) groups is 2. The SMILES string of the molecule is CCC[CH2][Sn](/[CH]=C1/[C@H]2CC(=O)NC(=O)N2[C@@H]2O[C@H](CO[Si](C)(C)C(C)(C)C)[C@@]1(O)[C@H]2O[Si](C)(C)C(C)(C)C)([CH2]CCC)[CH2]CCC. The number of aliphatic hydroxyl groups is 1. The topological polar surface area (TPSA) is 97.3 Å². The summed E-state index contributed by atoms with van der Waals surface area (Å²) in [5.74, 6) is -0.297. The van der Waals surface area contributed by atoms with E-state index < -0.39 is 71.1 Å². The van der Waals surface area contributed by atoms with Gasteiger partial charge in [0.2, 0.25) is 0 Å². The quantitative estimate of drug-likeness (QED) is 0.162. The number of nitrogens with zero attached hydrogens (tertiary/aromatic N) is 1. The summed E-state index contributed by atoms with van der Waals surface area (Å²) in [7, 11) is -4.66. The van der Waals surface area contributed by atoms with Gasteiger partial charge in [-0.3, -0.25) is 0 Å². The second kappa shape index (κ2) is 14.9. The van der Waals surface area contributed by atoms with E-state index in [0.29, 0.717) is 0 Å². The molecule has 8 nitrogen and oxygen atoms in total. The van der Waals surface area contributed by atoms with Crippen LogP contribution >= 0.6 is 0 Å². The van der Waals surface area contributed by atoms with E-state index in [1.807, 2.05) is 0 Å². The predicted octanol–water partition coefficient (Wildman–Crippen LogP) is 8.49. The Bertz CT molecular complexity index is 1100. The van der Waals surface area contributed by atoms with E-state index in [1.54, 1.807) is 4.90 Å². The third-order valence-corrected chi connectivity index (χ3v) is 35.1. The number of piperidine rings is 1. The van der Waals surface area contributed by atoms with E-state index in [1.165, 1.54) is 32.6 Å². The number of unbranched alkanes of at least 4 members (excludes halogenated alkanes) is 3. The fourth-order valence-electron chi connectivity index (χ4n) is 6.80. The van der Waals surface area contributed by atoms with Gasteiger partial charge in [-0.05, 0) is 0 Å². The maximum absolute atomic E-state index is 13.8. The Kier molecular flexibility index (Phi) is 13.0. The summed E-state index contributed by atoms with van der Waals surface area (Å²) >= 11 is -3.12. The Balaban J connectivity index is 2.32. The van der Waals surface area contributed by atoms with E-state index in [4.69, 9.17) is 13.6 Å². The fraction of sp³-hybridized carbons (Fsp3) is 0.886. The van der Waals surface area contributed by atoms with E-state index in [2.05, 4.69) is 97.9 Å². The van der Waals surface area contributed by atoms with Gasteiger partial charge in [-0.15, -0.1) is 0 Å². The zero-order chi connectivity index (χ0) is 34.9. The Morgan fingerprint density at radius 1 is 0.935 bits per heavy atom. The molecule has 11 heteroatoms. The van der Waals surface area contributed by atoms with Gasteiger partial charge in [0.1, 0.15) is 0 Å². The molecule has 0 saturated carbocycles. The van der Waals surface area contributed by atoms with E-state index >= 15 is 0 Å². The van der Waals surface area contributed by atoms with Gasteiger partial charge in [0, 0.05) is 0 Å². The first-order valence-electron chi connectivity index (χ1n) is 18.2. The molecule has 3 aliphatic rings. The first-order chi connectivity index (χ1) is 21.1. The zero-order valence-corrected chi connectivity index (χ0v) is 36.5. The molecule has 0 aromatic heterocycles. The van der Waals surface area contributed by atoms with Crippen LogP contribution in [-0.2, 0) is 18.4 Å². The Morgan fingerprint density at radius 2 is 1.43 bits per heavy atom. The van der Waals surface area contributed by atoms with Crippen LogP contribution < -0.4 is 5.32 Å². The van der Waals surface area contributed by atoms with Crippen molar-refractivity contribution in [3.05, 3.63) is 9.67 Å². The van der Waals surface area contributed by atoms with E-state index in [9.17, 15) is 14.7 Å². The molecule has 3 rings (SSSR count). The van der Waals surface area contributed by atoms with Crippen LogP contribution in [0.4, 0.5) is 4.79 Å². The second-order valence-corrected chi connectivity index (χ2v) is 39.9. The van der Waals surface area contributed by atoms with Crippen LogP contribution in [0.1, 0.15) is 107 Å². The summed E-state index contributed by atoms with van der Waals surface area (Å²) in [6.45, 7) is 29.0. The summed E-state index contributed by atoms with van der Waals surface area (Å²) < 4.78 is 26.9. The van der Waals surface area contributed by atoms with Crippen molar-refractivity contribution in [2.24, 2.45) is 0 Å². The number of hydrogen-bond acceptors (Lipinski definition) is 6. The van der Waals surface area contributed by atoms with Crippen LogP contribution in [0.25, 0.3) is 0 Å². The fourth-order valence-corrected chi connectivity index (χ4v) is 24.6. The van der Waals surface area contributed by atoms with Crippen molar-refractivity contribution in [1.29, 1.82) is 0 Å². The minimum absolute atomic E-state index is 0.0190. The minimum atomic E-state index is -3.12. The number of fused-ring (bicyclic) bond motifs is 4. The molecule has 5 atom stereocenters. The summed E-state index contributed by atoms with van der Waals surface area (Å²) in [4.78, 5) is 28.5. The van der Waals surface area contributed by atoms with Crippen LogP contribution in [0.15, 0.2) is 9.67 Å². The molecule has 3 heterocycles.